The van der Waals surface area contributed by atoms with E-state index in [2.05, 4.69) is 10.3 Å². The number of ether oxygens (including phenoxy) is 2. The maximum absolute atomic E-state index is 6.27. The summed E-state index contributed by atoms with van der Waals surface area (Å²) in [5, 5.41) is 8.65. The van der Waals surface area contributed by atoms with Crippen LogP contribution in [0.5, 0.6) is 11.5 Å². The molecule has 2 aromatic rings. The first-order valence-electron chi connectivity index (χ1n) is 6.87. The summed E-state index contributed by atoms with van der Waals surface area (Å²) in [6.45, 7) is 3.67. The Bertz CT molecular complexity index is 642. The van der Waals surface area contributed by atoms with Gasteiger partial charge in [-0.05, 0) is 24.6 Å². The zero-order chi connectivity index (χ0) is 14.8. The summed E-state index contributed by atoms with van der Waals surface area (Å²) in [4.78, 5) is 0. The Labute approximate surface area is 127 Å². The summed E-state index contributed by atoms with van der Waals surface area (Å²) in [6, 6.07) is 3.66. The van der Waals surface area contributed by atoms with E-state index in [9.17, 15) is 0 Å². The zero-order valence-corrected chi connectivity index (χ0v) is 12.5. The van der Waals surface area contributed by atoms with E-state index in [1.165, 1.54) is 0 Å². The zero-order valence-electron chi connectivity index (χ0n) is 11.8. The lowest BCUT2D eigenvalue weighted by atomic mass is 10.2. The van der Waals surface area contributed by atoms with Gasteiger partial charge in [0.1, 0.15) is 0 Å². The van der Waals surface area contributed by atoms with Gasteiger partial charge >= 0.3 is 0 Å². The molecule has 1 aliphatic heterocycles. The van der Waals surface area contributed by atoms with Crippen LogP contribution in [0, 0.1) is 0 Å². The van der Waals surface area contributed by atoms with Gasteiger partial charge in [-0.2, -0.15) is 0 Å². The van der Waals surface area contributed by atoms with Crippen molar-refractivity contribution in [2.75, 3.05) is 13.2 Å². The van der Waals surface area contributed by atoms with E-state index in [0.29, 0.717) is 36.3 Å². The molecule has 0 spiro atoms. The average molecular weight is 309 g/mol. The number of aromatic nitrogens is 3. The van der Waals surface area contributed by atoms with E-state index in [4.69, 9.17) is 26.8 Å². The third-order valence-corrected chi connectivity index (χ3v) is 3.51. The van der Waals surface area contributed by atoms with E-state index in [-0.39, 0.29) is 6.04 Å². The highest BCUT2D eigenvalue weighted by Crippen LogP contribution is 2.38. The number of fused-ring (bicyclic) bond motifs is 1. The van der Waals surface area contributed by atoms with Crippen molar-refractivity contribution < 1.29 is 9.47 Å². The largest absolute Gasteiger partial charge is 0.489 e. The second-order valence-corrected chi connectivity index (χ2v) is 5.49. The first-order valence-corrected chi connectivity index (χ1v) is 7.25. The molecule has 21 heavy (non-hydrogen) atoms. The predicted octanol–water partition coefficient (Wildman–Crippen LogP) is 2.16. The molecule has 3 rings (SSSR count). The number of hydrogen-bond donors (Lipinski definition) is 1. The minimum absolute atomic E-state index is 0.133. The van der Waals surface area contributed by atoms with Crippen LogP contribution in [0.25, 0.3) is 0 Å². The Morgan fingerprint density at radius 1 is 1.38 bits per heavy atom. The molecule has 1 unspecified atom stereocenters. The summed E-state index contributed by atoms with van der Waals surface area (Å²) in [5.74, 6) is 1.30. The van der Waals surface area contributed by atoms with Gasteiger partial charge in [0, 0.05) is 12.5 Å². The lowest BCUT2D eigenvalue weighted by molar-refractivity contribution is 0.297. The number of halogens is 1. The second-order valence-electron chi connectivity index (χ2n) is 5.09. The van der Waals surface area contributed by atoms with Crippen LogP contribution >= 0.6 is 11.6 Å². The lowest BCUT2D eigenvalue weighted by Gasteiger charge is -2.11. The maximum atomic E-state index is 6.27. The molecule has 2 N–H and O–H groups in total. The van der Waals surface area contributed by atoms with Crippen LogP contribution in [0.15, 0.2) is 18.3 Å². The van der Waals surface area contributed by atoms with Gasteiger partial charge < -0.3 is 15.2 Å². The fourth-order valence-electron chi connectivity index (χ4n) is 2.16. The monoisotopic (exact) mass is 308 g/mol. The summed E-state index contributed by atoms with van der Waals surface area (Å²) in [7, 11) is 0. The smallest absolute Gasteiger partial charge is 0.179 e. The Balaban J connectivity index is 1.85. The van der Waals surface area contributed by atoms with Crippen LogP contribution in [-0.2, 0) is 6.54 Å². The van der Waals surface area contributed by atoms with E-state index >= 15 is 0 Å². The molecule has 0 bridgehead atoms. The van der Waals surface area contributed by atoms with Gasteiger partial charge in [0.2, 0.25) is 0 Å². The summed E-state index contributed by atoms with van der Waals surface area (Å²) in [6.07, 6.45) is 2.68. The molecule has 112 valence electrons. The number of hydrogen-bond acceptors (Lipinski definition) is 5. The van der Waals surface area contributed by atoms with Gasteiger partial charge in [-0.3, -0.25) is 0 Å². The second kappa shape index (κ2) is 5.91. The van der Waals surface area contributed by atoms with Crippen molar-refractivity contribution in [3.63, 3.8) is 0 Å². The summed E-state index contributed by atoms with van der Waals surface area (Å²) in [5.41, 5.74) is 7.52. The molecule has 0 fully saturated rings. The molecule has 1 atom stereocenters. The first-order chi connectivity index (χ1) is 10.1. The Hall–Kier alpha value is -1.79. The quantitative estimate of drug-likeness (QED) is 0.940. The maximum Gasteiger partial charge on any atom is 0.179 e. The molecule has 1 aromatic heterocycles. The highest BCUT2D eigenvalue weighted by atomic mass is 35.5. The van der Waals surface area contributed by atoms with Crippen LogP contribution < -0.4 is 15.2 Å². The summed E-state index contributed by atoms with van der Waals surface area (Å²) >= 11 is 6.27. The van der Waals surface area contributed by atoms with Gasteiger partial charge in [-0.25, -0.2) is 4.68 Å². The molecular weight excluding hydrogens is 292 g/mol. The molecular formula is C14H17ClN4O2. The van der Waals surface area contributed by atoms with Crippen molar-refractivity contribution in [1.82, 2.24) is 15.0 Å². The van der Waals surface area contributed by atoms with Gasteiger partial charge in [-0.15, -0.1) is 5.10 Å². The lowest BCUT2D eigenvalue weighted by Crippen LogP contribution is -2.05. The first kappa shape index (κ1) is 14.2. The van der Waals surface area contributed by atoms with Crippen LogP contribution in [0.4, 0.5) is 0 Å². The van der Waals surface area contributed by atoms with Gasteiger partial charge in [-0.1, -0.05) is 16.8 Å². The standard InChI is InChI=1S/C14H17ClN4O2/c1-9(16)12-8-19(18-17-12)7-10-5-11(15)14-13(6-10)20-3-2-4-21-14/h5-6,8-9H,2-4,7,16H2,1H3. The van der Waals surface area contributed by atoms with E-state index in [0.717, 1.165) is 17.7 Å². The fraction of sp³-hybridized carbons (Fsp3) is 0.429. The van der Waals surface area contributed by atoms with E-state index in [1.807, 2.05) is 25.3 Å². The SMILES string of the molecule is CC(N)c1cn(Cc2cc(Cl)c3c(c2)OCCCO3)nn1. The molecule has 0 saturated heterocycles. The topological polar surface area (TPSA) is 75.2 Å². The van der Waals surface area contributed by atoms with Gasteiger partial charge in [0.15, 0.2) is 11.5 Å². The number of nitrogens with two attached hydrogens (primary N) is 1. The predicted molar refractivity (Wildman–Crippen MR) is 78.8 cm³/mol. The van der Waals surface area contributed by atoms with E-state index < -0.39 is 0 Å². The molecule has 7 heteroatoms. The van der Waals surface area contributed by atoms with Gasteiger partial charge in [0.25, 0.3) is 0 Å². The van der Waals surface area contributed by atoms with E-state index in [1.54, 1.807) is 4.68 Å². The molecule has 6 nitrogen and oxygen atoms in total. The fourth-order valence-corrected chi connectivity index (χ4v) is 2.45. The minimum Gasteiger partial charge on any atom is -0.489 e. The number of rotatable bonds is 3. The highest BCUT2D eigenvalue weighted by Gasteiger charge is 2.16. The van der Waals surface area contributed by atoms with Crippen molar-refractivity contribution in [2.24, 2.45) is 5.73 Å². The van der Waals surface area contributed by atoms with Crippen LogP contribution in [-0.4, -0.2) is 28.2 Å². The Kier molecular flexibility index (Phi) is 3.98. The number of benzene rings is 1. The molecule has 1 aromatic carbocycles. The average Bonchev–Trinajstić information content (AvgIpc) is 2.76. The summed E-state index contributed by atoms with van der Waals surface area (Å²) < 4.78 is 13.0. The van der Waals surface area contributed by atoms with Crippen LogP contribution in [0.3, 0.4) is 0 Å². The third-order valence-electron chi connectivity index (χ3n) is 3.23. The van der Waals surface area contributed by atoms with Crippen LogP contribution in [0.2, 0.25) is 5.02 Å². The van der Waals surface area contributed by atoms with Gasteiger partial charge in [0.05, 0.1) is 36.7 Å². The molecule has 1 aliphatic rings. The molecule has 0 aliphatic carbocycles. The van der Waals surface area contributed by atoms with Crippen molar-refractivity contribution >= 4 is 11.6 Å². The number of nitrogens with zero attached hydrogens (tertiary/aromatic N) is 3. The molecule has 2 heterocycles. The minimum atomic E-state index is -0.133. The normalized spacial score (nSPS) is 15.6. The van der Waals surface area contributed by atoms with Crippen LogP contribution in [0.1, 0.15) is 30.6 Å². The van der Waals surface area contributed by atoms with Crippen molar-refractivity contribution in [3.05, 3.63) is 34.6 Å². The molecule has 0 amide bonds. The Morgan fingerprint density at radius 3 is 2.95 bits per heavy atom. The Morgan fingerprint density at radius 2 is 2.19 bits per heavy atom. The third kappa shape index (κ3) is 3.11. The van der Waals surface area contributed by atoms with Crippen molar-refractivity contribution in [2.45, 2.75) is 25.9 Å². The van der Waals surface area contributed by atoms with Crippen molar-refractivity contribution in [1.29, 1.82) is 0 Å². The molecule has 0 radical (unpaired) electrons. The molecule has 0 saturated carbocycles. The van der Waals surface area contributed by atoms with Crippen molar-refractivity contribution in [3.8, 4) is 11.5 Å². The highest BCUT2D eigenvalue weighted by molar-refractivity contribution is 6.32.